The molecule has 1 saturated carbocycles. The van der Waals surface area contributed by atoms with E-state index in [9.17, 15) is 4.79 Å². The monoisotopic (exact) mass is 183 g/mol. The fourth-order valence-corrected chi connectivity index (χ4v) is 2.07. The Morgan fingerprint density at radius 2 is 2.00 bits per heavy atom. The third-order valence-corrected chi connectivity index (χ3v) is 3.58. The highest BCUT2D eigenvalue weighted by atomic mass is 16.4. The molecule has 0 unspecified atom stereocenters. The molecule has 2 fully saturated rings. The summed E-state index contributed by atoms with van der Waals surface area (Å²) in [5, 5.41) is 9.02. The Morgan fingerprint density at radius 3 is 2.31 bits per heavy atom. The Hall–Kier alpha value is -0.570. The molecule has 0 spiro atoms. The van der Waals surface area contributed by atoms with Crippen molar-refractivity contribution >= 4 is 5.97 Å². The van der Waals surface area contributed by atoms with Crippen LogP contribution in [-0.2, 0) is 4.79 Å². The summed E-state index contributed by atoms with van der Waals surface area (Å²) >= 11 is 0. The maximum atomic E-state index is 11.0. The molecule has 2 rings (SSSR count). The first kappa shape index (κ1) is 9.00. The van der Waals surface area contributed by atoms with E-state index in [-0.39, 0.29) is 0 Å². The third kappa shape index (κ3) is 1.26. The molecule has 0 amide bonds. The number of aliphatic carboxylic acids is 1. The van der Waals surface area contributed by atoms with Crippen molar-refractivity contribution in [2.45, 2.75) is 32.2 Å². The van der Waals surface area contributed by atoms with E-state index in [1.165, 1.54) is 0 Å². The highest BCUT2D eigenvalue weighted by Crippen LogP contribution is 2.46. The second kappa shape index (κ2) is 2.71. The number of hydrogen-bond donors (Lipinski definition) is 1. The van der Waals surface area contributed by atoms with Gasteiger partial charge in [0.25, 0.3) is 0 Å². The van der Waals surface area contributed by atoms with Gasteiger partial charge in [0.15, 0.2) is 0 Å². The molecule has 3 heteroatoms. The number of carboxylic acids is 1. The van der Waals surface area contributed by atoms with Crippen LogP contribution in [0.25, 0.3) is 0 Å². The lowest BCUT2D eigenvalue weighted by atomic mass is 9.86. The zero-order valence-electron chi connectivity index (χ0n) is 8.29. The van der Waals surface area contributed by atoms with Crippen molar-refractivity contribution in [2.24, 2.45) is 11.8 Å². The molecule has 2 aliphatic rings. The average molecular weight is 183 g/mol. The van der Waals surface area contributed by atoms with Crippen LogP contribution in [0.2, 0.25) is 0 Å². The minimum atomic E-state index is -0.616. The molecule has 0 aromatic carbocycles. The maximum absolute atomic E-state index is 11.0. The Morgan fingerprint density at radius 1 is 1.46 bits per heavy atom. The SMILES string of the molecule is CC(C)C1CN(C2(C(=O)O)CC2)C1. The van der Waals surface area contributed by atoms with E-state index in [4.69, 9.17) is 5.11 Å². The van der Waals surface area contributed by atoms with Gasteiger partial charge in [-0.3, -0.25) is 9.69 Å². The van der Waals surface area contributed by atoms with Crippen LogP contribution in [0, 0.1) is 11.8 Å². The molecule has 0 atom stereocenters. The second-order valence-corrected chi connectivity index (χ2v) is 4.75. The molecule has 1 aliphatic heterocycles. The summed E-state index contributed by atoms with van der Waals surface area (Å²) in [5.41, 5.74) is -0.439. The number of rotatable bonds is 3. The molecule has 1 heterocycles. The summed E-state index contributed by atoms with van der Waals surface area (Å²) in [7, 11) is 0. The average Bonchev–Trinajstić information content (AvgIpc) is 2.63. The van der Waals surface area contributed by atoms with E-state index in [1.807, 2.05) is 0 Å². The lowest BCUT2D eigenvalue weighted by Crippen LogP contribution is -2.57. The van der Waals surface area contributed by atoms with Gasteiger partial charge in [-0.15, -0.1) is 0 Å². The normalized spacial score (nSPS) is 27.3. The molecule has 0 aromatic heterocycles. The summed E-state index contributed by atoms with van der Waals surface area (Å²) in [5.74, 6) is 0.798. The fraction of sp³-hybridized carbons (Fsp3) is 0.900. The van der Waals surface area contributed by atoms with Gasteiger partial charge in [-0.25, -0.2) is 0 Å². The van der Waals surface area contributed by atoms with Crippen molar-refractivity contribution in [3.63, 3.8) is 0 Å². The smallest absolute Gasteiger partial charge is 0.324 e. The number of carboxylic acid groups (broad SMARTS) is 1. The van der Waals surface area contributed by atoms with Crippen molar-refractivity contribution in [3.05, 3.63) is 0 Å². The van der Waals surface area contributed by atoms with Crippen LogP contribution in [0.3, 0.4) is 0 Å². The predicted molar refractivity (Wildman–Crippen MR) is 49.5 cm³/mol. The van der Waals surface area contributed by atoms with Crippen molar-refractivity contribution in [2.75, 3.05) is 13.1 Å². The van der Waals surface area contributed by atoms with Crippen LogP contribution in [0.5, 0.6) is 0 Å². The molecule has 0 bridgehead atoms. The first-order valence-corrected chi connectivity index (χ1v) is 5.05. The highest BCUT2D eigenvalue weighted by Gasteiger charge is 2.58. The zero-order valence-corrected chi connectivity index (χ0v) is 8.29. The summed E-state index contributed by atoms with van der Waals surface area (Å²) < 4.78 is 0. The molecule has 1 aliphatic carbocycles. The van der Waals surface area contributed by atoms with Crippen LogP contribution in [-0.4, -0.2) is 34.6 Å². The van der Waals surface area contributed by atoms with Gasteiger partial charge in [0.1, 0.15) is 5.54 Å². The number of likely N-dealkylation sites (tertiary alicyclic amines) is 1. The van der Waals surface area contributed by atoms with Crippen LogP contribution < -0.4 is 0 Å². The van der Waals surface area contributed by atoms with E-state index in [2.05, 4.69) is 18.7 Å². The van der Waals surface area contributed by atoms with Crippen LogP contribution >= 0.6 is 0 Å². The van der Waals surface area contributed by atoms with Crippen LogP contribution in [0.15, 0.2) is 0 Å². The van der Waals surface area contributed by atoms with E-state index < -0.39 is 11.5 Å². The van der Waals surface area contributed by atoms with E-state index >= 15 is 0 Å². The molecule has 0 radical (unpaired) electrons. The summed E-state index contributed by atoms with van der Waals surface area (Å²) in [4.78, 5) is 13.1. The minimum Gasteiger partial charge on any atom is -0.480 e. The Labute approximate surface area is 78.7 Å². The number of hydrogen-bond acceptors (Lipinski definition) is 2. The van der Waals surface area contributed by atoms with E-state index in [1.54, 1.807) is 0 Å². The maximum Gasteiger partial charge on any atom is 0.324 e. The molecule has 0 aromatic rings. The zero-order chi connectivity index (χ0) is 9.64. The van der Waals surface area contributed by atoms with Crippen LogP contribution in [0.1, 0.15) is 26.7 Å². The molecule has 13 heavy (non-hydrogen) atoms. The molecule has 1 N–H and O–H groups in total. The van der Waals surface area contributed by atoms with Crippen molar-refractivity contribution in [3.8, 4) is 0 Å². The largest absolute Gasteiger partial charge is 0.480 e. The third-order valence-electron chi connectivity index (χ3n) is 3.58. The van der Waals surface area contributed by atoms with E-state index in [0.717, 1.165) is 31.8 Å². The lowest BCUT2D eigenvalue weighted by molar-refractivity contribution is -0.149. The first-order chi connectivity index (χ1) is 6.06. The van der Waals surface area contributed by atoms with Gasteiger partial charge in [0, 0.05) is 13.1 Å². The Bertz CT molecular complexity index is 227. The molecule has 3 nitrogen and oxygen atoms in total. The van der Waals surface area contributed by atoms with Gasteiger partial charge in [0.2, 0.25) is 0 Å². The fourth-order valence-electron chi connectivity index (χ4n) is 2.07. The van der Waals surface area contributed by atoms with Crippen LogP contribution in [0.4, 0.5) is 0 Å². The minimum absolute atomic E-state index is 0.439. The van der Waals surface area contributed by atoms with Gasteiger partial charge < -0.3 is 5.11 Å². The second-order valence-electron chi connectivity index (χ2n) is 4.75. The molecule has 74 valence electrons. The van der Waals surface area contributed by atoms with E-state index in [0.29, 0.717) is 5.92 Å². The summed E-state index contributed by atoms with van der Waals surface area (Å²) in [6.07, 6.45) is 1.71. The molecular formula is C10H17NO2. The van der Waals surface area contributed by atoms with Gasteiger partial charge in [0.05, 0.1) is 0 Å². The van der Waals surface area contributed by atoms with Crippen molar-refractivity contribution in [1.82, 2.24) is 4.90 Å². The van der Waals surface area contributed by atoms with Crippen molar-refractivity contribution < 1.29 is 9.90 Å². The number of nitrogens with zero attached hydrogens (tertiary/aromatic N) is 1. The highest BCUT2D eigenvalue weighted by molar-refractivity contribution is 5.82. The standard InChI is InChI=1S/C10H17NO2/c1-7(2)8-5-11(6-8)10(3-4-10)9(12)13/h7-8H,3-6H2,1-2H3,(H,12,13). The van der Waals surface area contributed by atoms with Gasteiger partial charge in [-0.2, -0.15) is 0 Å². The van der Waals surface area contributed by atoms with Crippen molar-refractivity contribution in [1.29, 1.82) is 0 Å². The Balaban J connectivity index is 1.90. The predicted octanol–water partition coefficient (Wildman–Crippen LogP) is 1.19. The number of carbonyl (C=O) groups is 1. The van der Waals surface area contributed by atoms with Gasteiger partial charge in [-0.1, -0.05) is 13.8 Å². The first-order valence-electron chi connectivity index (χ1n) is 5.05. The van der Waals surface area contributed by atoms with Gasteiger partial charge >= 0.3 is 5.97 Å². The topological polar surface area (TPSA) is 40.5 Å². The quantitative estimate of drug-likeness (QED) is 0.714. The van der Waals surface area contributed by atoms with Gasteiger partial charge in [-0.05, 0) is 24.7 Å². The summed E-state index contributed by atoms with van der Waals surface area (Å²) in [6.45, 7) is 6.40. The molecular weight excluding hydrogens is 166 g/mol. The summed E-state index contributed by atoms with van der Waals surface area (Å²) in [6, 6.07) is 0. The Kier molecular flexibility index (Phi) is 1.88. The molecule has 1 saturated heterocycles. The lowest BCUT2D eigenvalue weighted by Gasteiger charge is -2.45.